The molecule has 4 heteroatoms. The molecule has 0 aliphatic rings. The van der Waals surface area contributed by atoms with Crippen molar-refractivity contribution in [3.05, 3.63) is 72.4 Å². The lowest BCUT2D eigenvalue weighted by Gasteiger charge is -2.15. The van der Waals surface area contributed by atoms with Gasteiger partial charge in [-0.15, -0.1) is 0 Å². The fourth-order valence-corrected chi connectivity index (χ4v) is 2.67. The van der Waals surface area contributed by atoms with Gasteiger partial charge in [0.15, 0.2) is 0 Å². The molecule has 1 heterocycles. The number of benzene rings is 2. The molecule has 1 aromatic heterocycles. The molecule has 3 aromatic rings. The van der Waals surface area contributed by atoms with Crippen LogP contribution in [0.2, 0.25) is 0 Å². The van der Waals surface area contributed by atoms with Gasteiger partial charge < -0.3 is 5.32 Å². The molecule has 3 rings (SSSR count). The van der Waals surface area contributed by atoms with Gasteiger partial charge >= 0.3 is 0 Å². The summed E-state index contributed by atoms with van der Waals surface area (Å²) < 4.78 is 0. The van der Waals surface area contributed by atoms with E-state index in [1.807, 2.05) is 67.6 Å². The molecule has 116 valence electrons. The molecule has 0 aliphatic carbocycles. The quantitative estimate of drug-likeness (QED) is 0.742. The minimum atomic E-state index is -0.146. The van der Waals surface area contributed by atoms with Crippen LogP contribution in [0.4, 0.5) is 5.69 Å². The highest BCUT2D eigenvalue weighted by atomic mass is 16.1. The van der Waals surface area contributed by atoms with Crippen LogP contribution in [0, 0.1) is 0 Å². The summed E-state index contributed by atoms with van der Waals surface area (Å²) in [7, 11) is 0. The summed E-state index contributed by atoms with van der Waals surface area (Å²) in [5.41, 5.74) is 3.75. The topological polar surface area (TPSA) is 57.8 Å². The Morgan fingerprint density at radius 3 is 2.65 bits per heavy atom. The highest BCUT2D eigenvalue weighted by molar-refractivity contribution is 5.96. The van der Waals surface area contributed by atoms with Crippen LogP contribution in [-0.2, 0) is 4.79 Å². The van der Waals surface area contributed by atoms with E-state index in [-0.39, 0.29) is 11.8 Å². The normalized spacial score (nSPS) is 11.9. The first-order valence-electron chi connectivity index (χ1n) is 7.73. The molecule has 23 heavy (non-hydrogen) atoms. The van der Waals surface area contributed by atoms with Crippen molar-refractivity contribution in [3.8, 4) is 11.3 Å². The first-order chi connectivity index (χ1) is 11.3. The summed E-state index contributed by atoms with van der Waals surface area (Å²) in [4.78, 5) is 12.6. The number of nitrogens with zero attached hydrogens (tertiary/aromatic N) is 1. The maximum Gasteiger partial charge on any atom is 0.231 e. The van der Waals surface area contributed by atoms with E-state index in [2.05, 4.69) is 15.5 Å². The van der Waals surface area contributed by atoms with Gasteiger partial charge in [-0.3, -0.25) is 9.89 Å². The van der Waals surface area contributed by atoms with Crippen LogP contribution < -0.4 is 5.32 Å². The Balaban J connectivity index is 1.78. The number of H-pyrrole nitrogens is 1. The number of aromatic nitrogens is 2. The van der Waals surface area contributed by atoms with E-state index in [1.54, 1.807) is 6.20 Å². The van der Waals surface area contributed by atoms with Crippen molar-refractivity contribution in [2.75, 3.05) is 5.32 Å². The third-order valence-corrected chi connectivity index (χ3v) is 3.87. The minimum absolute atomic E-state index is 0.0143. The molecular weight excluding hydrogens is 286 g/mol. The molecule has 4 nitrogen and oxygen atoms in total. The number of hydrogen-bond acceptors (Lipinski definition) is 2. The van der Waals surface area contributed by atoms with E-state index < -0.39 is 0 Å². The van der Waals surface area contributed by atoms with Gasteiger partial charge in [-0.2, -0.15) is 5.10 Å². The third-order valence-electron chi connectivity index (χ3n) is 3.87. The van der Waals surface area contributed by atoms with Crippen molar-refractivity contribution in [2.24, 2.45) is 0 Å². The Morgan fingerprint density at radius 2 is 1.96 bits per heavy atom. The molecule has 0 saturated heterocycles. The maximum atomic E-state index is 12.6. The Morgan fingerprint density at radius 1 is 1.13 bits per heavy atom. The summed E-state index contributed by atoms with van der Waals surface area (Å²) >= 11 is 0. The summed E-state index contributed by atoms with van der Waals surface area (Å²) in [6.07, 6.45) is 2.47. The van der Waals surface area contributed by atoms with Crippen molar-refractivity contribution in [2.45, 2.75) is 19.3 Å². The monoisotopic (exact) mass is 305 g/mol. The summed E-state index contributed by atoms with van der Waals surface area (Å²) in [5.74, 6) is -0.132. The van der Waals surface area contributed by atoms with Crippen LogP contribution in [0.5, 0.6) is 0 Å². The van der Waals surface area contributed by atoms with Gasteiger partial charge in [0.05, 0.1) is 11.6 Å². The highest BCUT2D eigenvalue weighted by Gasteiger charge is 2.18. The molecule has 1 amide bonds. The van der Waals surface area contributed by atoms with Gasteiger partial charge in [-0.25, -0.2) is 0 Å². The first-order valence-corrected chi connectivity index (χ1v) is 7.73. The molecule has 2 aromatic carbocycles. The zero-order valence-electron chi connectivity index (χ0n) is 13.0. The van der Waals surface area contributed by atoms with Crippen LogP contribution in [0.15, 0.2) is 66.9 Å². The molecule has 0 unspecified atom stereocenters. The third kappa shape index (κ3) is 3.48. The molecule has 0 spiro atoms. The van der Waals surface area contributed by atoms with E-state index in [4.69, 9.17) is 0 Å². The Hall–Kier alpha value is -2.88. The molecule has 0 saturated carbocycles. The largest absolute Gasteiger partial charge is 0.326 e. The maximum absolute atomic E-state index is 12.6. The fraction of sp³-hybridized carbons (Fsp3) is 0.158. The second kappa shape index (κ2) is 6.92. The Kier molecular flexibility index (Phi) is 4.52. The van der Waals surface area contributed by atoms with E-state index in [0.717, 1.165) is 28.9 Å². The zero-order chi connectivity index (χ0) is 16.1. The van der Waals surface area contributed by atoms with Crippen molar-refractivity contribution >= 4 is 11.6 Å². The molecule has 0 fully saturated rings. The lowest BCUT2D eigenvalue weighted by Crippen LogP contribution is -2.20. The number of carbonyl (C=O) groups is 1. The van der Waals surface area contributed by atoms with Gasteiger partial charge in [0.25, 0.3) is 0 Å². The Labute approximate surface area is 135 Å². The van der Waals surface area contributed by atoms with Crippen molar-refractivity contribution < 1.29 is 4.79 Å². The van der Waals surface area contributed by atoms with Gasteiger partial charge in [0.1, 0.15) is 0 Å². The lowest BCUT2D eigenvalue weighted by molar-refractivity contribution is -0.117. The van der Waals surface area contributed by atoms with Crippen molar-refractivity contribution in [1.82, 2.24) is 10.2 Å². The predicted octanol–water partition coefficient (Wildman–Crippen LogP) is 4.21. The van der Waals surface area contributed by atoms with Gasteiger partial charge in [0, 0.05) is 17.4 Å². The van der Waals surface area contributed by atoms with Crippen LogP contribution in [0.1, 0.15) is 24.8 Å². The number of rotatable bonds is 5. The number of nitrogens with one attached hydrogen (secondary N) is 2. The number of hydrogen-bond donors (Lipinski definition) is 2. The molecule has 2 N–H and O–H groups in total. The predicted molar refractivity (Wildman–Crippen MR) is 92.1 cm³/mol. The number of carbonyl (C=O) groups excluding carboxylic acids is 1. The van der Waals surface area contributed by atoms with E-state index >= 15 is 0 Å². The smallest absolute Gasteiger partial charge is 0.231 e. The first kappa shape index (κ1) is 15.0. The van der Waals surface area contributed by atoms with Crippen LogP contribution in [0.25, 0.3) is 11.3 Å². The van der Waals surface area contributed by atoms with Gasteiger partial charge in [0.2, 0.25) is 5.91 Å². The fourth-order valence-electron chi connectivity index (χ4n) is 2.67. The number of aromatic amines is 1. The van der Waals surface area contributed by atoms with Crippen LogP contribution in [0.3, 0.4) is 0 Å². The van der Waals surface area contributed by atoms with Crippen LogP contribution in [-0.4, -0.2) is 16.1 Å². The minimum Gasteiger partial charge on any atom is -0.326 e. The number of amides is 1. The molecule has 1 atom stereocenters. The second-order valence-corrected chi connectivity index (χ2v) is 5.41. The molecule has 0 radical (unpaired) electrons. The lowest BCUT2D eigenvalue weighted by atomic mass is 9.95. The summed E-state index contributed by atoms with van der Waals surface area (Å²) in [6.45, 7) is 2.03. The van der Waals surface area contributed by atoms with E-state index in [0.29, 0.717) is 0 Å². The molecule has 0 aliphatic heterocycles. The van der Waals surface area contributed by atoms with Crippen molar-refractivity contribution in [3.63, 3.8) is 0 Å². The van der Waals surface area contributed by atoms with E-state index in [9.17, 15) is 4.79 Å². The number of anilines is 1. The van der Waals surface area contributed by atoms with Gasteiger partial charge in [-0.05, 0) is 30.2 Å². The van der Waals surface area contributed by atoms with Crippen LogP contribution >= 0.6 is 0 Å². The highest BCUT2D eigenvalue weighted by Crippen LogP contribution is 2.24. The summed E-state index contributed by atoms with van der Waals surface area (Å²) in [6, 6.07) is 19.5. The Bertz CT molecular complexity index is 766. The van der Waals surface area contributed by atoms with Gasteiger partial charge in [-0.1, -0.05) is 49.4 Å². The average Bonchev–Trinajstić information content (AvgIpc) is 3.11. The second-order valence-electron chi connectivity index (χ2n) is 5.41. The zero-order valence-corrected chi connectivity index (χ0v) is 13.0. The molecule has 0 bridgehead atoms. The standard InChI is InChI=1S/C19H19N3O/c1-2-17(14-7-4-3-5-8-14)19(23)21-16-10-6-9-15(13-16)18-11-12-20-22-18/h3-13,17H,2H2,1H3,(H,20,22)(H,21,23)/t17-/m1/s1. The molecular formula is C19H19N3O. The van der Waals surface area contributed by atoms with Crippen molar-refractivity contribution in [1.29, 1.82) is 0 Å². The van der Waals surface area contributed by atoms with E-state index in [1.165, 1.54) is 0 Å². The summed E-state index contributed by atoms with van der Waals surface area (Å²) in [5, 5.41) is 9.91. The SMILES string of the molecule is CC[C@@H](C(=O)Nc1cccc(-c2ccn[nH]2)c1)c1ccccc1. The average molecular weight is 305 g/mol.